The van der Waals surface area contributed by atoms with Crippen molar-refractivity contribution in [3.8, 4) is 11.4 Å². The summed E-state index contributed by atoms with van der Waals surface area (Å²) in [6.07, 6.45) is 1.94. The molecule has 45 heavy (non-hydrogen) atoms. The predicted octanol–water partition coefficient (Wildman–Crippen LogP) is 5.97. The van der Waals surface area contributed by atoms with Gasteiger partial charge in [-0.3, -0.25) is 9.36 Å². The second-order valence-electron chi connectivity index (χ2n) is 11.2. The Hall–Kier alpha value is -4.95. The minimum atomic E-state index is -0.744. The molecule has 3 aromatic carbocycles. The third kappa shape index (κ3) is 5.58. The highest BCUT2D eigenvalue weighted by atomic mass is 32.1. The summed E-state index contributed by atoms with van der Waals surface area (Å²) < 4.78 is 15.3. The number of rotatable bonds is 7. The van der Waals surface area contributed by atoms with Gasteiger partial charge in [-0.1, -0.05) is 59.9 Å². The Labute approximate surface area is 266 Å². The molecule has 0 saturated heterocycles. The van der Waals surface area contributed by atoms with Crippen molar-refractivity contribution in [2.45, 2.75) is 40.7 Å². The summed E-state index contributed by atoms with van der Waals surface area (Å²) in [5.41, 5.74) is 8.66. The molecule has 0 radical (unpaired) electrons. The molecular weight excluding hydrogens is 582 g/mol. The van der Waals surface area contributed by atoms with E-state index in [-0.39, 0.29) is 12.2 Å². The van der Waals surface area contributed by atoms with Gasteiger partial charge in [-0.05, 0) is 93.3 Å². The topological polar surface area (TPSA) is 74.8 Å². The van der Waals surface area contributed by atoms with E-state index in [0.29, 0.717) is 26.4 Å². The van der Waals surface area contributed by atoms with Crippen molar-refractivity contribution in [2.24, 2.45) is 4.99 Å². The van der Waals surface area contributed by atoms with Gasteiger partial charge in [0.15, 0.2) is 4.80 Å². The van der Waals surface area contributed by atoms with E-state index < -0.39 is 12.0 Å². The molecule has 0 unspecified atom stereocenters. The smallest absolute Gasteiger partial charge is 0.338 e. The number of aryl methyl sites for hydroxylation is 3. The van der Waals surface area contributed by atoms with Crippen molar-refractivity contribution in [3.05, 3.63) is 143 Å². The minimum absolute atomic E-state index is 0.195. The molecule has 1 aliphatic heterocycles. The summed E-state index contributed by atoms with van der Waals surface area (Å²) in [5, 5.41) is 0. The first-order valence-corrected chi connectivity index (χ1v) is 15.7. The lowest BCUT2D eigenvalue weighted by Crippen LogP contribution is -2.40. The lowest BCUT2D eigenvalue weighted by Gasteiger charge is -2.26. The molecule has 1 atom stereocenters. The number of hydrogen-bond acceptors (Lipinski definition) is 6. The molecule has 1 aliphatic rings. The fourth-order valence-corrected chi connectivity index (χ4v) is 7.09. The van der Waals surface area contributed by atoms with Crippen molar-refractivity contribution >= 4 is 29.1 Å². The van der Waals surface area contributed by atoms with Crippen LogP contribution in [0.4, 0.5) is 0 Å². The van der Waals surface area contributed by atoms with Gasteiger partial charge < -0.3 is 14.0 Å². The quantitative estimate of drug-likeness (QED) is 0.211. The molecule has 7 nitrogen and oxygen atoms in total. The maximum Gasteiger partial charge on any atom is 0.338 e. The fourth-order valence-electron chi connectivity index (χ4n) is 6.09. The first-order valence-electron chi connectivity index (χ1n) is 14.9. The molecule has 0 amide bonds. The predicted molar refractivity (Wildman–Crippen MR) is 179 cm³/mol. The molecule has 0 bridgehead atoms. The number of thiazole rings is 1. The van der Waals surface area contributed by atoms with Crippen molar-refractivity contribution in [1.82, 2.24) is 9.13 Å². The van der Waals surface area contributed by atoms with Crippen molar-refractivity contribution in [3.63, 3.8) is 0 Å². The molecule has 8 heteroatoms. The van der Waals surface area contributed by atoms with E-state index in [4.69, 9.17) is 14.5 Å². The van der Waals surface area contributed by atoms with E-state index in [2.05, 4.69) is 56.5 Å². The number of carbonyl (C=O) groups is 1. The third-order valence-corrected chi connectivity index (χ3v) is 9.01. The van der Waals surface area contributed by atoms with E-state index in [1.165, 1.54) is 22.5 Å². The van der Waals surface area contributed by atoms with Crippen LogP contribution in [0.15, 0.2) is 94.2 Å². The number of ether oxygens (including phenoxy) is 2. The maximum atomic E-state index is 14.3. The van der Waals surface area contributed by atoms with Crippen LogP contribution >= 0.6 is 11.3 Å². The fraction of sp³-hybridized carbons (Fsp3) is 0.216. The maximum absolute atomic E-state index is 14.3. The zero-order valence-electron chi connectivity index (χ0n) is 26.3. The zero-order chi connectivity index (χ0) is 31.8. The van der Waals surface area contributed by atoms with Crippen LogP contribution in [-0.2, 0) is 9.53 Å². The van der Waals surface area contributed by atoms with Crippen molar-refractivity contribution in [1.29, 1.82) is 0 Å². The number of carbonyl (C=O) groups excluding carboxylic acids is 1. The normalized spacial score (nSPS) is 14.7. The van der Waals surface area contributed by atoms with Crippen LogP contribution in [0.25, 0.3) is 17.5 Å². The molecule has 0 spiro atoms. The Balaban J connectivity index is 1.59. The molecule has 0 N–H and O–H groups in total. The number of esters is 1. The standard InChI is InChI=1S/C37H35N3O4S/c1-7-44-36(42)32-33(26-11-9-8-10-12-26)38-37-40(34(32)27-13-15-30(43-6)16-14-27)35(41)31(45-37)21-28-20-24(4)39(25(28)5)29-18-22(2)17-23(3)19-29/h8-21,34H,7H2,1-6H3/b31-21+/t34-/m0/s1. The summed E-state index contributed by atoms with van der Waals surface area (Å²) >= 11 is 1.32. The minimum Gasteiger partial charge on any atom is -0.497 e. The number of benzene rings is 3. The van der Waals surface area contributed by atoms with Crippen LogP contribution in [-0.4, -0.2) is 28.8 Å². The first-order chi connectivity index (χ1) is 21.7. The molecule has 2 aromatic heterocycles. The van der Waals surface area contributed by atoms with Gasteiger partial charge in [0.1, 0.15) is 5.75 Å². The van der Waals surface area contributed by atoms with Crippen molar-refractivity contribution in [2.75, 3.05) is 13.7 Å². The Morgan fingerprint density at radius 2 is 1.64 bits per heavy atom. The lowest BCUT2D eigenvalue weighted by atomic mass is 9.93. The SMILES string of the molecule is CCOC(=O)C1=C(c2ccccc2)N=c2s/c(=C/c3cc(C)n(-c4cc(C)cc(C)c4)c3C)c(=O)n2[C@H]1c1ccc(OC)cc1. The molecule has 3 heterocycles. The number of hydrogen-bond donors (Lipinski definition) is 0. The van der Waals surface area contributed by atoms with E-state index in [9.17, 15) is 9.59 Å². The number of methoxy groups -OCH3 is 1. The second-order valence-corrected chi connectivity index (χ2v) is 12.2. The van der Waals surface area contributed by atoms with Gasteiger partial charge in [0, 0.05) is 22.6 Å². The van der Waals surface area contributed by atoms with Gasteiger partial charge in [0.25, 0.3) is 5.56 Å². The average molecular weight is 618 g/mol. The highest BCUT2D eigenvalue weighted by molar-refractivity contribution is 7.07. The van der Waals surface area contributed by atoms with Gasteiger partial charge in [0.2, 0.25) is 0 Å². The zero-order valence-corrected chi connectivity index (χ0v) is 27.1. The van der Waals surface area contributed by atoms with Gasteiger partial charge in [-0.15, -0.1) is 0 Å². The Morgan fingerprint density at radius 3 is 2.29 bits per heavy atom. The van der Waals surface area contributed by atoms with E-state index in [0.717, 1.165) is 33.8 Å². The summed E-state index contributed by atoms with van der Waals surface area (Å²) in [4.78, 5) is 33.5. The van der Waals surface area contributed by atoms with Crippen LogP contribution in [0.1, 0.15) is 52.2 Å². The van der Waals surface area contributed by atoms with Crippen LogP contribution in [0.5, 0.6) is 5.75 Å². The average Bonchev–Trinajstić information content (AvgIpc) is 3.49. The van der Waals surface area contributed by atoms with Crippen LogP contribution in [0.2, 0.25) is 0 Å². The van der Waals surface area contributed by atoms with Crippen LogP contribution < -0.4 is 19.6 Å². The van der Waals surface area contributed by atoms with E-state index >= 15 is 0 Å². The number of aromatic nitrogens is 2. The first kappa shape index (κ1) is 30.1. The van der Waals surface area contributed by atoms with Gasteiger partial charge in [-0.25, -0.2) is 9.79 Å². The molecule has 228 valence electrons. The van der Waals surface area contributed by atoms with E-state index in [1.807, 2.05) is 60.7 Å². The van der Waals surface area contributed by atoms with Crippen molar-refractivity contribution < 1.29 is 14.3 Å². The highest BCUT2D eigenvalue weighted by Gasteiger charge is 2.35. The molecule has 0 aliphatic carbocycles. The summed E-state index contributed by atoms with van der Waals surface area (Å²) in [7, 11) is 1.60. The summed E-state index contributed by atoms with van der Waals surface area (Å²) in [6, 6.07) is 24.8. The third-order valence-electron chi connectivity index (χ3n) is 8.03. The molecule has 5 aromatic rings. The largest absolute Gasteiger partial charge is 0.497 e. The summed E-state index contributed by atoms with van der Waals surface area (Å²) in [5.74, 6) is 0.169. The summed E-state index contributed by atoms with van der Waals surface area (Å²) in [6.45, 7) is 10.3. The molecular formula is C37H35N3O4S. The molecule has 0 saturated carbocycles. The van der Waals surface area contributed by atoms with Crippen LogP contribution in [0, 0.1) is 27.7 Å². The lowest BCUT2D eigenvalue weighted by molar-refractivity contribution is -0.138. The van der Waals surface area contributed by atoms with Gasteiger partial charge in [-0.2, -0.15) is 0 Å². The number of fused-ring (bicyclic) bond motifs is 1. The van der Waals surface area contributed by atoms with Gasteiger partial charge >= 0.3 is 5.97 Å². The van der Waals surface area contributed by atoms with Gasteiger partial charge in [0.05, 0.1) is 35.6 Å². The molecule has 0 fully saturated rings. The second kappa shape index (κ2) is 12.2. The monoisotopic (exact) mass is 617 g/mol. The Bertz CT molecular complexity index is 2110. The van der Waals surface area contributed by atoms with E-state index in [1.54, 1.807) is 18.6 Å². The highest BCUT2D eigenvalue weighted by Crippen LogP contribution is 2.35. The number of nitrogens with zero attached hydrogens (tertiary/aromatic N) is 3. The molecule has 6 rings (SSSR count). The Morgan fingerprint density at radius 1 is 0.956 bits per heavy atom. The Kier molecular flexibility index (Phi) is 8.16. The van der Waals surface area contributed by atoms with Crippen LogP contribution in [0.3, 0.4) is 0 Å².